The van der Waals surface area contributed by atoms with Crippen molar-refractivity contribution in [2.24, 2.45) is 10.9 Å². The number of piperazine rings is 1. The summed E-state index contributed by atoms with van der Waals surface area (Å²) in [5, 5.41) is 11.1. The lowest BCUT2D eigenvalue weighted by Gasteiger charge is -2.39. The van der Waals surface area contributed by atoms with E-state index in [1.165, 1.54) is 0 Å². The number of nitriles is 1. The van der Waals surface area contributed by atoms with Crippen molar-refractivity contribution in [2.75, 3.05) is 52.1 Å². The van der Waals surface area contributed by atoms with Crippen LogP contribution >= 0.6 is 23.2 Å². The summed E-state index contributed by atoms with van der Waals surface area (Å²) in [6.45, 7) is 9.00. The van der Waals surface area contributed by atoms with Gasteiger partial charge in [-0.15, -0.1) is 0 Å². The Morgan fingerprint density at radius 3 is 2.44 bits per heavy atom. The molecule has 48 heavy (non-hydrogen) atoms. The van der Waals surface area contributed by atoms with E-state index in [-0.39, 0.29) is 18.0 Å². The number of hydrogen-bond acceptors (Lipinski definition) is 7. The molecule has 2 aromatic rings. The van der Waals surface area contributed by atoms with E-state index in [0.29, 0.717) is 79.5 Å². The van der Waals surface area contributed by atoms with E-state index in [2.05, 4.69) is 21.8 Å². The summed E-state index contributed by atoms with van der Waals surface area (Å²) in [6.07, 6.45) is 7.74. The number of hydrogen-bond donors (Lipinski definition) is 1. The standard InChI is InChI=1S/C35H42Cl2N6O4S/c1-5-47-30-22-26(35(2,3)23-38)10-15-29(30)33-40-31(24-6-11-27(36)12-7-24)32(25-8-13-28(37)14-9-25)43(33)34(44)42-20-18-41(19-21-42)17-16-39-48(4,45)46/h6,8-15,22,24,31-32,39H,5,7,16-21H2,1-4H3/t24?,31-,32+/m0/s1. The topological polar surface area (TPSA) is 118 Å². The Kier molecular flexibility index (Phi) is 11.2. The zero-order valence-electron chi connectivity index (χ0n) is 27.7. The van der Waals surface area contributed by atoms with E-state index >= 15 is 0 Å². The third-order valence-electron chi connectivity index (χ3n) is 9.00. The average molecular weight is 714 g/mol. The molecule has 1 N–H and O–H groups in total. The van der Waals surface area contributed by atoms with Crippen molar-refractivity contribution >= 4 is 45.1 Å². The molecule has 1 saturated heterocycles. The van der Waals surface area contributed by atoms with Gasteiger partial charge in [-0.2, -0.15) is 5.26 Å². The first-order valence-electron chi connectivity index (χ1n) is 16.1. The van der Waals surface area contributed by atoms with Crippen molar-refractivity contribution in [2.45, 2.75) is 44.7 Å². The third kappa shape index (κ3) is 8.24. The molecule has 3 atom stereocenters. The summed E-state index contributed by atoms with van der Waals surface area (Å²) in [5.74, 6) is 1.02. The number of aliphatic imine (C=N–C) groups is 1. The van der Waals surface area contributed by atoms with E-state index in [1.807, 2.05) is 80.3 Å². The lowest BCUT2D eigenvalue weighted by Crippen LogP contribution is -2.55. The molecule has 2 heterocycles. The fourth-order valence-electron chi connectivity index (χ4n) is 6.31. The number of nitrogens with zero attached hydrogens (tertiary/aromatic N) is 5. The maximum Gasteiger partial charge on any atom is 0.326 e. The summed E-state index contributed by atoms with van der Waals surface area (Å²) < 4.78 is 31.8. The zero-order valence-corrected chi connectivity index (χ0v) is 30.0. The highest BCUT2D eigenvalue weighted by Gasteiger charge is 2.46. The highest BCUT2D eigenvalue weighted by atomic mass is 35.5. The van der Waals surface area contributed by atoms with Crippen LogP contribution in [0.4, 0.5) is 4.79 Å². The Morgan fingerprint density at radius 1 is 1.12 bits per heavy atom. The Hall–Kier alpha value is -3.40. The molecule has 0 radical (unpaired) electrons. The van der Waals surface area contributed by atoms with Gasteiger partial charge < -0.3 is 9.64 Å². The number of benzene rings is 2. The monoisotopic (exact) mass is 712 g/mol. The molecule has 0 spiro atoms. The molecule has 1 aliphatic carbocycles. The summed E-state index contributed by atoms with van der Waals surface area (Å²) in [4.78, 5) is 25.9. The average Bonchev–Trinajstić information content (AvgIpc) is 3.45. The number of amidine groups is 1. The molecule has 1 fully saturated rings. The maximum absolute atomic E-state index is 14.8. The third-order valence-corrected chi connectivity index (χ3v) is 10.3. The number of nitrogens with one attached hydrogen (secondary N) is 1. The predicted octanol–water partition coefficient (Wildman–Crippen LogP) is 5.70. The number of allylic oxidation sites excluding steroid dienone is 3. The molecular formula is C35H42Cl2N6O4S. The van der Waals surface area contributed by atoms with Crippen LogP contribution in [0.5, 0.6) is 5.75 Å². The van der Waals surface area contributed by atoms with Crippen LogP contribution < -0.4 is 9.46 Å². The molecule has 0 aromatic heterocycles. The highest BCUT2D eigenvalue weighted by Crippen LogP contribution is 2.43. The normalized spacial score (nSPS) is 21.9. The zero-order chi connectivity index (χ0) is 34.6. The van der Waals surface area contributed by atoms with Gasteiger partial charge in [0.2, 0.25) is 10.0 Å². The summed E-state index contributed by atoms with van der Waals surface area (Å²) >= 11 is 12.7. The van der Waals surface area contributed by atoms with Crippen molar-refractivity contribution in [3.8, 4) is 11.8 Å². The second-order valence-electron chi connectivity index (χ2n) is 12.8. The molecule has 1 unspecified atom stereocenters. The van der Waals surface area contributed by atoms with Crippen LogP contribution in [0.2, 0.25) is 5.02 Å². The van der Waals surface area contributed by atoms with Crippen LogP contribution in [-0.2, 0) is 15.4 Å². The lowest BCUT2D eigenvalue weighted by molar-refractivity contribution is 0.119. The molecule has 2 amide bonds. The summed E-state index contributed by atoms with van der Waals surface area (Å²) in [7, 11) is -3.28. The Labute approximate surface area is 293 Å². The number of carbonyl (C=O) groups excluding carboxylic acids is 1. The van der Waals surface area contributed by atoms with Gasteiger partial charge in [-0.1, -0.05) is 53.6 Å². The van der Waals surface area contributed by atoms with Crippen LogP contribution in [-0.4, -0.2) is 93.2 Å². The highest BCUT2D eigenvalue weighted by molar-refractivity contribution is 7.88. The largest absolute Gasteiger partial charge is 0.493 e. The first kappa shape index (κ1) is 35.9. The van der Waals surface area contributed by atoms with Crippen molar-refractivity contribution in [3.63, 3.8) is 0 Å². The molecule has 256 valence electrons. The maximum atomic E-state index is 14.8. The summed E-state index contributed by atoms with van der Waals surface area (Å²) in [5.41, 5.74) is 1.62. The fraction of sp³-hybridized carbons (Fsp3) is 0.457. The Bertz CT molecular complexity index is 1740. The van der Waals surface area contributed by atoms with E-state index < -0.39 is 21.5 Å². The van der Waals surface area contributed by atoms with E-state index in [1.54, 1.807) is 4.90 Å². The smallest absolute Gasteiger partial charge is 0.326 e. The van der Waals surface area contributed by atoms with Gasteiger partial charge in [0.1, 0.15) is 11.6 Å². The minimum absolute atomic E-state index is 0.0347. The van der Waals surface area contributed by atoms with Gasteiger partial charge in [0.05, 0.1) is 42.0 Å². The minimum atomic E-state index is -3.28. The predicted molar refractivity (Wildman–Crippen MR) is 190 cm³/mol. The van der Waals surface area contributed by atoms with E-state index in [4.69, 9.17) is 32.9 Å². The molecule has 0 saturated carbocycles. The van der Waals surface area contributed by atoms with Gasteiger partial charge in [0.15, 0.2) is 0 Å². The number of halogens is 2. The number of ether oxygens (including phenoxy) is 1. The van der Waals surface area contributed by atoms with Crippen molar-refractivity contribution in [1.82, 2.24) is 19.4 Å². The lowest BCUT2D eigenvalue weighted by atomic mass is 9.85. The molecule has 2 aliphatic heterocycles. The quantitative estimate of drug-likeness (QED) is 0.338. The SMILES string of the molecule is CCOc1cc(C(C)(C)C#N)ccc1C1=N[C@@H](C2C=CC(Cl)=CC2)[C@@H](c2ccc(Cl)cc2)N1C(=O)N1CCN(CCNS(C)(=O)=O)CC1. The first-order valence-corrected chi connectivity index (χ1v) is 18.8. The molecule has 0 bridgehead atoms. The molecule has 13 heteroatoms. The van der Waals surface area contributed by atoms with Crippen molar-refractivity contribution in [3.05, 3.63) is 87.4 Å². The minimum Gasteiger partial charge on any atom is -0.493 e. The number of urea groups is 1. The number of sulfonamides is 1. The summed E-state index contributed by atoms with van der Waals surface area (Å²) in [6, 6.07) is 14.6. The van der Waals surface area contributed by atoms with Gasteiger partial charge in [-0.3, -0.25) is 14.8 Å². The van der Waals surface area contributed by atoms with Crippen molar-refractivity contribution in [1.29, 1.82) is 5.26 Å². The van der Waals surface area contributed by atoms with Crippen LogP contribution in [0.25, 0.3) is 0 Å². The van der Waals surface area contributed by atoms with E-state index in [0.717, 1.165) is 17.4 Å². The van der Waals surface area contributed by atoms with Crippen LogP contribution in [0.1, 0.15) is 49.9 Å². The second-order valence-corrected chi connectivity index (χ2v) is 15.5. The van der Waals surface area contributed by atoms with Crippen LogP contribution in [0.15, 0.2) is 70.7 Å². The second kappa shape index (κ2) is 15.0. The van der Waals surface area contributed by atoms with Gasteiger partial charge in [-0.25, -0.2) is 17.9 Å². The van der Waals surface area contributed by atoms with Gasteiger partial charge in [-0.05, 0) is 68.7 Å². The number of carbonyl (C=O) groups is 1. The van der Waals surface area contributed by atoms with Gasteiger partial charge in [0, 0.05) is 55.2 Å². The van der Waals surface area contributed by atoms with Crippen LogP contribution in [0, 0.1) is 17.2 Å². The fourth-order valence-corrected chi connectivity index (χ4v) is 7.06. The molecule has 5 rings (SSSR count). The molecule has 3 aliphatic rings. The molecular weight excluding hydrogens is 671 g/mol. The van der Waals surface area contributed by atoms with Gasteiger partial charge in [0.25, 0.3) is 0 Å². The Morgan fingerprint density at radius 2 is 1.83 bits per heavy atom. The number of amides is 2. The molecule has 2 aromatic carbocycles. The van der Waals surface area contributed by atoms with E-state index in [9.17, 15) is 18.5 Å². The van der Waals surface area contributed by atoms with Crippen molar-refractivity contribution < 1.29 is 17.9 Å². The first-order chi connectivity index (χ1) is 22.8. The van der Waals surface area contributed by atoms with Gasteiger partial charge >= 0.3 is 6.03 Å². The molecule has 10 nitrogen and oxygen atoms in total. The number of rotatable bonds is 10. The Balaban J connectivity index is 1.55. The van der Waals surface area contributed by atoms with Crippen LogP contribution in [0.3, 0.4) is 0 Å².